The molecular formula is C14H23N3O. The minimum absolute atomic E-state index is 0.170. The van der Waals surface area contributed by atoms with Gasteiger partial charge in [-0.3, -0.25) is 4.90 Å². The van der Waals surface area contributed by atoms with Gasteiger partial charge in [0.25, 0.3) is 0 Å². The first-order chi connectivity index (χ1) is 8.56. The van der Waals surface area contributed by atoms with Gasteiger partial charge < -0.3 is 15.7 Å². The Bertz CT molecular complexity index is 406. The van der Waals surface area contributed by atoms with Crippen molar-refractivity contribution >= 4 is 5.69 Å². The third-order valence-electron chi connectivity index (χ3n) is 3.71. The van der Waals surface area contributed by atoms with E-state index < -0.39 is 0 Å². The summed E-state index contributed by atoms with van der Waals surface area (Å²) in [6.07, 6.45) is 2.53. The van der Waals surface area contributed by atoms with Crippen molar-refractivity contribution in [2.75, 3.05) is 32.9 Å². The van der Waals surface area contributed by atoms with E-state index >= 15 is 0 Å². The summed E-state index contributed by atoms with van der Waals surface area (Å²) < 4.78 is 0. The molecule has 0 aromatic heterocycles. The molecule has 4 heteroatoms. The number of hydrogen-bond acceptors (Lipinski definition) is 4. The molecule has 4 nitrogen and oxygen atoms in total. The molecule has 1 aromatic rings. The first-order valence-corrected chi connectivity index (χ1v) is 6.52. The second kappa shape index (κ2) is 5.59. The topological polar surface area (TPSA) is 52.7 Å². The molecule has 1 saturated heterocycles. The lowest BCUT2D eigenvalue weighted by Crippen LogP contribution is -2.44. The molecule has 1 aliphatic rings. The van der Waals surface area contributed by atoms with E-state index in [0.717, 1.165) is 19.6 Å². The quantitative estimate of drug-likeness (QED) is 0.629. The number of anilines is 1. The lowest BCUT2D eigenvalue weighted by molar-refractivity contribution is 0.128. The van der Waals surface area contributed by atoms with Gasteiger partial charge in [0.2, 0.25) is 0 Å². The van der Waals surface area contributed by atoms with Crippen molar-refractivity contribution in [1.29, 1.82) is 0 Å². The maximum atomic E-state index is 9.42. The van der Waals surface area contributed by atoms with Crippen LogP contribution in [-0.4, -0.2) is 48.1 Å². The highest BCUT2D eigenvalue weighted by atomic mass is 16.3. The number of aromatic hydroxyl groups is 1. The van der Waals surface area contributed by atoms with Crippen LogP contribution in [0.25, 0.3) is 0 Å². The molecule has 1 unspecified atom stereocenters. The molecular weight excluding hydrogens is 226 g/mol. The van der Waals surface area contributed by atoms with Crippen molar-refractivity contribution < 1.29 is 5.11 Å². The number of likely N-dealkylation sites (tertiary alicyclic amines) is 1. The Labute approximate surface area is 109 Å². The van der Waals surface area contributed by atoms with Gasteiger partial charge in [-0.05, 0) is 51.2 Å². The first-order valence-electron chi connectivity index (χ1n) is 6.52. The largest absolute Gasteiger partial charge is 0.506 e. The Kier molecular flexibility index (Phi) is 4.09. The molecule has 1 heterocycles. The van der Waals surface area contributed by atoms with E-state index in [9.17, 15) is 5.11 Å². The molecule has 1 aliphatic heterocycles. The molecule has 1 atom stereocenters. The number of benzene rings is 1. The Morgan fingerprint density at radius 3 is 2.89 bits per heavy atom. The van der Waals surface area contributed by atoms with Gasteiger partial charge in [-0.1, -0.05) is 6.07 Å². The van der Waals surface area contributed by atoms with Gasteiger partial charge in [0.05, 0.1) is 5.69 Å². The van der Waals surface area contributed by atoms with Crippen molar-refractivity contribution in [1.82, 2.24) is 9.80 Å². The third kappa shape index (κ3) is 3.15. The minimum Gasteiger partial charge on any atom is -0.506 e. The summed E-state index contributed by atoms with van der Waals surface area (Å²) in [6, 6.07) is 6.14. The van der Waals surface area contributed by atoms with Crippen LogP contribution < -0.4 is 5.73 Å². The summed E-state index contributed by atoms with van der Waals surface area (Å²) in [5.41, 5.74) is 7.36. The molecule has 1 aromatic carbocycles. The molecule has 0 spiro atoms. The molecule has 0 bridgehead atoms. The summed E-state index contributed by atoms with van der Waals surface area (Å²) in [5, 5.41) is 9.42. The predicted octanol–water partition coefficient (Wildman–Crippen LogP) is 1.50. The Morgan fingerprint density at radius 2 is 2.22 bits per heavy atom. The van der Waals surface area contributed by atoms with Gasteiger partial charge >= 0.3 is 0 Å². The summed E-state index contributed by atoms with van der Waals surface area (Å²) >= 11 is 0. The van der Waals surface area contributed by atoms with Crippen LogP contribution in [0.15, 0.2) is 18.2 Å². The second-order valence-electron chi connectivity index (χ2n) is 5.39. The van der Waals surface area contributed by atoms with Crippen LogP contribution in [-0.2, 0) is 6.54 Å². The SMILES string of the molecule is CN(C)C1CCCN(Cc2ccc(O)c(N)c2)C1. The van der Waals surface area contributed by atoms with Crippen LogP contribution in [0.3, 0.4) is 0 Å². The zero-order chi connectivity index (χ0) is 13.1. The number of rotatable bonds is 3. The van der Waals surface area contributed by atoms with E-state index in [1.165, 1.54) is 18.4 Å². The molecule has 0 radical (unpaired) electrons. The van der Waals surface area contributed by atoms with Crippen LogP contribution in [0, 0.1) is 0 Å². The van der Waals surface area contributed by atoms with E-state index in [4.69, 9.17) is 5.73 Å². The average molecular weight is 249 g/mol. The first kappa shape index (κ1) is 13.2. The van der Waals surface area contributed by atoms with Gasteiger partial charge in [0.15, 0.2) is 0 Å². The normalized spacial score (nSPS) is 21.4. The van der Waals surface area contributed by atoms with Crippen LogP contribution in [0.5, 0.6) is 5.75 Å². The van der Waals surface area contributed by atoms with Crippen LogP contribution in [0.4, 0.5) is 5.69 Å². The molecule has 0 saturated carbocycles. The van der Waals surface area contributed by atoms with Gasteiger partial charge in [0, 0.05) is 19.1 Å². The van der Waals surface area contributed by atoms with Crippen LogP contribution in [0.1, 0.15) is 18.4 Å². The number of piperidine rings is 1. The van der Waals surface area contributed by atoms with E-state index in [1.807, 2.05) is 12.1 Å². The molecule has 0 aliphatic carbocycles. The zero-order valence-electron chi connectivity index (χ0n) is 11.3. The molecule has 100 valence electrons. The number of hydrogen-bond donors (Lipinski definition) is 2. The van der Waals surface area contributed by atoms with Crippen molar-refractivity contribution in [3.05, 3.63) is 23.8 Å². The minimum atomic E-state index is 0.170. The second-order valence-corrected chi connectivity index (χ2v) is 5.39. The standard InChI is InChI=1S/C14H23N3O/c1-16(2)12-4-3-7-17(10-12)9-11-5-6-14(18)13(15)8-11/h5-6,8,12,18H,3-4,7,9-10,15H2,1-2H3. The zero-order valence-corrected chi connectivity index (χ0v) is 11.3. The third-order valence-corrected chi connectivity index (χ3v) is 3.71. The highest BCUT2D eigenvalue weighted by molar-refractivity contribution is 5.53. The summed E-state index contributed by atoms with van der Waals surface area (Å²) in [5.74, 6) is 0.170. The molecule has 18 heavy (non-hydrogen) atoms. The lowest BCUT2D eigenvalue weighted by atomic mass is 10.0. The van der Waals surface area contributed by atoms with Crippen molar-refractivity contribution in [3.63, 3.8) is 0 Å². The van der Waals surface area contributed by atoms with E-state index in [0.29, 0.717) is 11.7 Å². The molecule has 3 N–H and O–H groups in total. The highest BCUT2D eigenvalue weighted by Crippen LogP contribution is 2.22. The van der Waals surface area contributed by atoms with Gasteiger partial charge in [-0.15, -0.1) is 0 Å². The van der Waals surface area contributed by atoms with Crippen LogP contribution >= 0.6 is 0 Å². The van der Waals surface area contributed by atoms with E-state index in [2.05, 4.69) is 23.9 Å². The maximum absolute atomic E-state index is 9.42. The Hall–Kier alpha value is -1.26. The van der Waals surface area contributed by atoms with Crippen LogP contribution in [0.2, 0.25) is 0 Å². The van der Waals surface area contributed by atoms with Crippen molar-refractivity contribution in [2.45, 2.75) is 25.4 Å². The fourth-order valence-corrected chi connectivity index (χ4v) is 2.56. The predicted molar refractivity (Wildman–Crippen MR) is 74.5 cm³/mol. The summed E-state index contributed by atoms with van der Waals surface area (Å²) in [4.78, 5) is 4.76. The number of nitrogens with zero attached hydrogens (tertiary/aromatic N) is 2. The Morgan fingerprint density at radius 1 is 1.44 bits per heavy atom. The monoisotopic (exact) mass is 249 g/mol. The number of phenols is 1. The molecule has 1 fully saturated rings. The maximum Gasteiger partial charge on any atom is 0.138 e. The molecule has 2 rings (SSSR count). The molecule has 0 amide bonds. The van der Waals surface area contributed by atoms with Crippen molar-refractivity contribution in [2.24, 2.45) is 0 Å². The summed E-state index contributed by atoms with van der Waals surface area (Å²) in [6.45, 7) is 3.16. The van der Waals surface area contributed by atoms with E-state index in [-0.39, 0.29) is 5.75 Å². The van der Waals surface area contributed by atoms with Gasteiger partial charge in [0.1, 0.15) is 5.75 Å². The smallest absolute Gasteiger partial charge is 0.138 e. The number of phenolic OH excluding ortho intramolecular Hbond substituents is 1. The Balaban J connectivity index is 1.98. The number of nitrogen functional groups attached to an aromatic ring is 1. The van der Waals surface area contributed by atoms with Crippen molar-refractivity contribution in [3.8, 4) is 5.75 Å². The number of nitrogens with two attached hydrogens (primary N) is 1. The van der Waals surface area contributed by atoms with E-state index in [1.54, 1.807) is 6.07 Å². The highest BCUT2D eigenvalue weighted by Gasteiger charge is 2.21. The number of likely N-dealkylation sites (N-methyl/N-ethyl adjacent to an activating group) is 1. The summed E-state index contributed by atoms with van der Waals surface area (Å²) in [7, 11) is 4.29. The lowest BCUT2D eigenvalue weighted by Gasteiger charge is -2.36. The average Bonchev–Trinajstić information content (AvgIpc) is 2.34. The fraction of sp³-hybridized carbons (Fsp3) is 0.571. The van der Waals surface area contributed by atoms with Gasteiger partial charge in [-0.25, -0.2) is 0 Å². The fourth-order valence-electron chi connectivity index (χ4n) is 2.56. The van der Waals surface area contributed by atoms with Gasteiger partial charge in [-0.2, -0.15) is 0 Å².